The number of morpholine rings is 1. The lowest BCUT2D eigenvalue weighted by Crippen LogP contribution is -2.57. The van der Waals surface area contributed by atoms with Gasteiger partial charge in [-0.3, -0.25) is 0 Å². The minimum absolute atomic E-state index is 0.0652. The summed E-state index contributed by atoms with van der Waals surface area (Å²) in [6.45, 7) is 4.52. The van der Waals surface area contributed by atoms with Crippen LogP contribution in [0.25, 0.3) is 0 Å². The molecule has 3 heterocycles. The number of nitrogens with zero attached hydrogens (tertiary/aromatic N) is 2. The lowest BCUT2D eigenvalue weighted by atomic mass is 9.89. The van der Waals surface area contributed by atoms with Crippen molar-refractivity contribution in [1.29, 1.82) is 0 Å². The molecule has 3 rings (SSSR count). The molecule has 132 valence electrons. The average molecular weight is 345 g/mol. The highest BCUT2D eigenvalue weighted by Crippen LogP contribution is 2.29. The molecule has 0 bridgehead atoms. The summed E-state index contributed by atoms with van der Waals surface area (Å²) in [4.78, 5) is 16.4. The third-order valence-electron chi connectivity index (χ3n) is 5.27. The number of amides is 2. The quantitative estimate of drug-likeness (QED) is 0.758. The highest BCUT2D eigenvalue weighted by atomic mass is 32.2. The van der Waals surface area contributed by atoms with Crippen LogP contribution in [0.1, 0.15) is 19.3 Å². The second-order valence-electron chi connectivity index (χ2n) is 7.21. The number of likely N-dealkylation sites (tertiary alicyclic amines) is 1. The first kappa shape index (κ1) is 17.0. The van der Waals surface area contributed by atoms with Crippen LogP contribution in [0.15, 0.2) is 0 Å². The number of rotatable bonds is 2. The molecule has 0 radical (unpaired) electrons. The summed E-state index contributed by atoms with van der Waals surface area (Å²) < 4.78 is 28.9. The molecule has 1 atom stereocenters. The van der Waals surface area contributed by atoms with E-state index in [-0.39, 0.29) is 29.1 Å². The molecule has 1 spiro atoms. The second kappa shape index (κ2) is 6.57. The molecule has 3 fully saturated rings. The first-order valence-corrected chi connectivity index (χ1v) is 10.3. The number of piperidine rings is 1. The summed E-state index contributed by atoms with van der Waals surface area (Å²) in [6, 6.07) is -0.0756. The molecule has 1 unspecified atom stereocenters. The maximum absolute atomic E-state index is 12.3. The number of carbonyl (C=O) groups is 1. The Hall–Kier alpha value is -0.860. The lowest BCUT2D eigenvalue weighted by molar-refractivity contribution is -0.126. The SMILES string of the molecule is CN1CCOC2(CCN(C(=O)NCC3CCS(=O)(=O)C3)CC2)C1. The number of carbonyl (C=O) groups excluding carboxylic acids is 1. The summed E-state index contributed by atoms with van der Waals surface area (Å²) in [5, 5.41) is 2.90. The molecule has 0 aromatic heterocycles. The first-order chi connectivity index (χ1) is 10.9. The van der Waals surface area contributed by atoms with Gasteiger partial charge in [0.2, 0.25) is 0 Å². The van der Waals surface area contributed by atoms with Crippen LogP contribution >= 0.6 is 0 Å². The molecule has 3 aliphatic rings. The van der Waals surface area contributed by atoms with E-state index in [2.05, 4.69) is 17.3 Å². The minimum Gasteiger partial charge on any atom is -0.372 e. The van der Waals surface area contributed by atoms with Gasteiger partial charge in [0.05, 0.1) is 23.7 Å². The molecule has 8 heteroatoms. The normalized spacial score (nSPS) is 30.5. The Morgan fingerprint density at radius 2 is 2.04 bits per heavy atom. The molecule has 0 aromatic rings. The van der Waals surface area contributed by atoms with Gasteiger partial charge in [-0.2, -0.15) is 0 Å². The van der Waals surface area contributed by atoms with Crippen LogP contribution in [-0.4, -0.2) is 87.7 Å². The molecule has 0 aromatic carbocycles. The van der Waals surface area contributed by atoms with E-state index < -0.39 is 9.84 Å². The molecule has 0 saturated carbocycles. The van der Waals surface area contributed by atoms with Crippen molar-refractivity contribution in [3.05, 3.63) is 0 Å². The van der Waals surface area contributed by atoms with E-state index in [1.165, 1.54) is 0 Å². The standard InChI is InChI=1S/C15H27N3O4S/c1-17-7-8-22-15(12-17)3-5-18(6-4-15)14(19)16-10-13-2-9-23(20,21)11-13/h13H,2-12H2,1H3,(H,16,19). The highest BCUT2D eigenvalue weighted by molar-refractivity contribution is 7.91. The molecule has 3 saturated heterocycles. The molecule has 3 aliphatic heterocycles. The smallest absolute Gasteiger partial charge is 0.317 e. The molecule has 23 heavy (non-hydrogen) atoms. The Bertz CT molecular complexity index is 543. The van der Waals surface area contributed by atoms with Crippen molar-refractivity contribution in [2.24, 2.45) is 5.92 Å². The van der Waals surface area contributed by atoms with Crippen molar-refractivity contribution >= 4 is 15.9 Å². The molecule has 0 aliphatic carbocycles. The second-order valence-corrected chi connectivity index (χ2v) is 9.44. The monoisotopic (exact) mass is 345 g/mol. The van der Waals surface area contributed by atoms with Gasteiger partial charge in [0.1, 0.15) is 0 Å². The molecule has 1 N–H and O–H groups in total. The Labute approximate surface area is 138 Å². The number of urea groups is 1. The zero-order valence-corrected chi connectivity index (χ0v) is 14.6. The largest absolute Gasteiger partial charge is 0.372 e. The fourth-order valence-electron chi connectivity index (χ4n) is 3.83. The predicted molar refractivity (Wildman–Crippen MR) is 87.1 cm³/mol. The fourth-order valence-corrected chi connectivity index (χ4v) is 5.69. The van der Waals surface area contributed by atoms with Gasteiger partial charge in [0.25, 0.3) is 0 Å². The van der Waals surface area contributed by atoms with Gasteiger partial charge in [-0.05, 0) is 32.2 Å². The van der Waals surface area contributed by atoms with Crippen molar-refractivity contribution in [2.45, 2.75) is 24.9 Å². The number of sulfone groups is 1. The maximum Gasteiger partial charge on any atom is 0.317 e. The van der Waals surface area contributed by atoms with Crippen LogP contribution < -0.4 is 5.32 Å². The molecular weight excluding hydrogens is 318 g/mol. The van der Waals surface area contributed by atoms with E-state index in [0.29, 0.717) is 26.1 Å². The Morgan fingerprint density at radius 1 is 1.30 bits per heavy atom. The first-order valence-electron chi connectivity index (χ1n) is 8.43. The Balaban J connectivity index is 1.43. The topological polar surface area (TPSA) is 79.0 Å². The van der Waals surface area contributed by atoms with Gasteiger partial charge < -0.3 is 19.9 Å². The minimum atomic E-state index is -2.88. The van der Waals surface area contributed by atoms with Crippen molar-refractivity contribution in [3.8, 4) is 0 Å². The Kier molecular flexibility index (Phi) is 4.85. The maximum atomic E-state index is 12.3. The fraction of sp³-hybridized carbons (Fsp3) is 0.933. The van der Waals surface area contributed by atoms with Gasteiger partial charge in [-0.15, -0.1) is 0 Å². The number of likely N-dealkylation sites (N-methyl/N-ethyl adjacent to an activating group) is 1. The van der Waals surface area contributed by atoms with Crippen LogP contribution in [0, 0.1) is 5.92 Å². The van der Waals surface area contributed by atoms with Gasteiger partial charge in [0.15, 0.2) is 9.84 Å². The zero-order chi connectivity index (χ0) is 16.5. The predicted octanol–water partition coefficient (Wildman–Crippen LogP) is -0.0727. The van der Waals surface area contributed by atoms with Gasteiger partial charge in [-0.25, -0.2) is 13.2 Å². The van der Waals surface area contributed by atoms with Crippen molar-refractivity contribution in [2.75, 3.05) is 57.9 Å². The highest BCUT2D eigenvalue weighted by Gasteiger charge is 2.39. The van der Waals surface area contributed by atoms with Crippen LogP contribution in [-0.2, 0) is 14.6 Å². The van der Waals surface area contributed by atoms with Crippen molar-refractivity contribution < 1.29 is 17.9 Å². The molecule has 7 nitrogen and oxygen atoms in total. The summed E-state index contributed by atoms with van der Waals surface area (Å²) in [5.41, 5.74) is -0.0939. The van der Waals surface area contributed by atoms with Crippen molar-refractivity contribution in [3.63, 3.8) is 0 Å². The van der Waals surface area contributed by atoms with Gasteiger partial charge >= 0.3 is 6.03 Å². The number of hydrogen-bond donors (Lipinski definition) is 1. The molecular formula is C15H27N3O4S. The summed E-state index contributed by atoms with van der Waals surface area (Å²) >= 11 is 0. The third kappa shape index (κ3) is 4.16. The zero-order valence-electron chi connectivity index (χ0n) is 13.8. The lowest BCUT2D eigenvalue weighted by Gasteiger charge is -2.46. The van der Waals surface area contributed by atoms with E-state index in [4.69, 9.17) is 4.74 Å². The summed E-state index contributed by atoms with van der Waals surface area (Å²) in [5.74, 6) is 0.525. The third-order valence-corrected chi connectivity index (χ3v) is 7.11. The molecule has 2 amide bonds. The van der Waals surface area contributed by atoms with Crippen LogP contribution in [0.4, 0.5) is 4.79 Å². The van der Waals surface area contributed by atoms with Gasteiger partial charge in [-0.1, -0.05) is 0 Å². The van der Waals surface area contributed by atoms with E-state index in [1.54, 1.807) is 0 Å². The number of hydrogen-bond acceptors (Lipinski definition) is 5. The van der Waals surface area contributed by atoms with E-state index >= 15 is 0 Å². The summed E-state index contributed by atoms with van der Waals surface area (Å²) in [6.07, 6.45) is 2.39. The van der Waals surface area contributed by atoms with E-state index in [0.717, 1.165) is 32.5 Å². The Morgan fingerprint density at radius 3 is 2.65 bits per heavy atom. The van der Waals surface area contributed by atoms with Crippen LogP contribution in [0.2, 0.25) is 0 Å². The average Bonchev–Trinajstić information content (AvgIpc) is 2.85. The van der Waals surface area contributed by atoms with E-state index in [1.807, 2.05) is 4.90 Å². The summed E-state index contributed by atoms with van der Waals surface area (Å²) in [7, 11) is -0.768. The van der Waals surface area contributed by atoms with Crippen LogP contribution in [0.5, 0.6) is 0 Å². The van der Waals surface area contributed by atoms with Gasteiger partial charge in [0, 0.05) is 32.7 Å². The van der Waals surface area contributed by atoms with Crippen LogP contribution in [0.3, 0.4) is 0 Å². The van der Waals surface area contributed by atoms with Crippen molar-refractivity contribution in [1.82, 2.24) is 15.1 Å². The number of nitrogens with one attached hydrogen (secondary N) is 1. The number of ether oxygens (including phenoxy) is 1. The van der Waals surface area contributed by atoms with E-state index in [9.17, 15) is 13.2 Å².